The maximum Gasteiger partial charge on any atom is 0.248 e. The van der Waals surface area contributed by atoms with Gasteiger partial charge in [-0.25, -0.2) is 0 Å². The molecule has 0 aromatic heterocycles. The van der Waals surface area contributed by atoms with Gasteiger partial charge >= 0.3 is 0 Å². The summed E-state index contributed by atoms with van der Waals surface area (Å²) in [4.78, 5) is 11.1. The first kappa shape index (κ1) is 19.4. The summed E-state index contributed by atoms with van der Waals surface area (Å²) in [6.07, 6.45) is 15.0. The fourth-order valence-corrected chi connectivity index (χ4v) is 2.33. The van der Waals surface area contributed by atoms with Crippen LogP contribution in [0, 0.1) is 0 Å². The number of amides is 1. The molecule has 0 radical (unpaired) electrons. The van der Waals surface area contributed by atoms with Crippen LogP contribution < -0.4 is 5.32 Å². The molecule has 20 heavy (non-hydrogen) atoms. The molecule has 1 atom stereocenters. The predicted octanol–water partition coefficient (Wildman–Crippen LogP) is 4.18. The molecule has 0 aromatic rings. The number of carbonyl (C=O) groups excluding carboxylic acids is 1. The van der Waals surface area contributed by atoms with Gasteiger partial charge in [0.2, 0.25) is 5.91 Å². The summed E-state index contributed by atoms with van der Waals surface area (Å²) in [7, 11) is 0. The van der Waals surface area contributed by atoms with Crippen LogP contribution in [0.2, 0.25) is 0 Å². The minimum atomic E-state index is -0.882. The van der Waals surface area contributed by atoms with Crippen molar-refractivity contribution < 1.29 is 9.90 Å². The van der Waals surface area contributed by atoms with E-state index in [4.69, 9.17) is 5.11 Å². The Balaban J connectivity index is 3.04. The lowest BCUT2D eigenvalue weighted by Crippen LogP contribution is -2.33. The van der Waals surface area contributed by atoms with E-state index in [9.17, 15) is 4.79 Å². The van der Waals surface area contributed by atoms with E-state index < -0.39 is 6.10 Å². The van der Waals surface area contributed by atoms with E-state index in [1.54, 1.807) is 0 Å². The normalized spacial score (nSPS) is 12.3. The van der Waals surface area contributed by atoms with Crippen LogP contribution in [-0.2, 0) is 4.79 Å². The zero-order chi connectivity index (χ0) is 15.1. The zero-order valence-electron chi connectivity index (χ0n) is 13.6. The summed E-state index contributed by atoms with van der Waals surface area (Å²) in [6.45, 7) is 4.45. The van der Waals surface area contributed by atoms with Gasteiger partial charge in [-0.2, -0.15) is 0 Å². The summed E-state index contributed by atoms with van der Waals surface area (Å²) in [5.74, 6) is -0.256. The minimum absolute atomic E-state index is 0.256. The molecular weight excluding hydrogens is 250 g/mol. The monoisotopic (exact) mass is 285 g/mol. The summed E-state index contributed by atoms with van der Waals surface area (Å²) < 4.78 is 0. The van der Waals surface area contributed by atoms with Crippen molar-refractivity contribution in [3.05, 3.63) is 0 Å². The molecule has 0 aliphatic heterocycles. The lowest BCUT2D eigenvalue weighted by atomic mass is 10.1. The first-order valence-electron chi connectivity index (χ1n) is 8.64. The quantitative estimate of drug-likeness (QED) is 0.470. The molecule has 0 fully saturated rings. The third kappa shape index (κ3) is 13.9. The van der Waals surface area contributed by atoms with Crippen molar-refractivity contribution in [2.75, 3.05) is 6.54 Å². The van der Waals surface area contributed by atoms with Crippen molar-refractivity contribution in [3.8, 4) is 0 Å². The van der Waals surface area contributed by atoms with E-state index in [-0.39, 0.29) is 5.91 Å². The molecule has 0 spiro atoms. The highest BCUT2D eigenvalue weighted by Crippen LogP contribution is 2.11. The van der Waals surface area contributed by atoms with Gasteiger partial charge in [0, 0.05) is 6.54 Å². The first-order chi connectivity index (χ1) is 9.68. The van der Waals surface area contributed by atoms with Gasteiger partial charge in [0.05, 0.1) is 0 Å². The number of aliphatic hydroxyl groups excluding tert-OH is 1. The van der Waals surface area contributed by atoms with Crippen molar-refractivity contribution >= 4 is 5.91 Å². The number of aliphatic hydroxyl groups is 1. The highest BCUT2D eigenvalue weighted by atomic mass is 16.3. The second-order valence-corrected chi connectivity index (χ2v) is 5.86. The molecule has 0 aromatic carbocycles. The van der Waals surface area contributed by atoms with E-state index in [1.165, 1.54) is 77.6 Å². The van der Waals surface area contributed by atoms with Crippen molar-refractivity contribution in [2.24, 2.45) is 0 Å². The Bertz CT molecular complexity index is 217. The van der Waals surface area contributed by atoms with Gasteiger partial charge in [0.15, 0.2) is 0 Å². The highest BCUT2D eigenvalue weighted by Gasteiger charge is 2.06. The third-order valence-electron chi connectivity index (χ3n) is 3.71. The third-order valence-corrected chi connectivity index (χ3v) is 3.71. The van der Waals surface area contributed by atoms with Crippen molar-refractivity contribution in [3.63, 3.8) is 0 Å². The molecule has 0 aliphatic rings. The van der Waals surface area contributed by atoms with Crippen LogP contribution in [0.15, 0.2) is 0 Å². The number of hydrogen-bond acceptors (Lipinski definition) is 2. The van der Waals surface area contributed by atoms with Gasteiger partial charge in [-0.15, -0.1) is 0 Å². The van der Waals surface area contributed by atoms with Crippen LogP contribution in [0.3, 0.4) is 0 Å². The molecule has 3 heteroatoms. The van der Waals surface area contributed by atoms with Gasteiger partial charge in [-0.05, 0) is 13.3 Å². The number of nitrogens with one attached hydrogen (secondary N) is 1. The lowest BCUT2D eigenvalue weighted by molar-refractivity contribution is -0.128. The lowest BCUT2D eigenvalue weighted by Gasteiger charge is -2.06. The summed E-state index contributed by atoms with van der Waals surface area (Å²) in [5, 5.41) is 11.7. The van der Waals surface area contributed by atoms with Crippen LogP contribution in [0.1, 0.15) is 90.9 Å². The maximum absolute atomic E-state index is 11.1. The predicted molar refractivity (Wildman–Crippen MR) is 85.8 cm³/mol. The van der Waals surface area contributed by atoms with Crippen molar-refractivity contribution in [1.82, 2.24) is 5.32 Å². The van der Waals surface area contributed by atoms with Crippen LogP contribution in [-0.4, -0.2) is 23.7 Å². The smallest absolute Gasteiger partial charge is 0.248 e. The molecule has 0 heterocycles. The summed E-state index contributed by atoms with van der Waals surface area (Å²) >= 11 is 0. The average Bonchev–Trinajstić information content (AvgIpc) is 2.43. The SMILES string of the molecule is CCCCCCCCCCCCCCNC(=O)[C@@H](C)O. The molecule has 0 aliphatic carbocycles. The molecule has 0 rings (SSSR count). The number of unbranched alkanes of at least 4 members (excludes halogenated alkanes) is 11. The number of rotatable bonds is 14. The number of hydrogen-bond donors (Lipinski definition) is 2. The second-order valence-electron chi connectivity index (χ2n) is 5.86. The Morgan fingerprint density at radius 3 is 1.65 bits per heavy atom. The molecule has 1 amide bonds. The van der Waals surface area contributed by atoms with E-state index >= 15 is 0 Å². The zero-order valence-corrected chi connectivity index (χ0v) is 13.6. The fraction of sp³-hybridized carbons (Fsp3) is 0.941. The molecule has 0 unspecified atom stereocenters. The molecule has 0 saturated heterocycles. The molecular formula is C17H35NO2. The Labute approximate surface area is 125 Å². The van der Waals surface area contributed by atoms with E-state index in [2.05, 4.69) is 12.2 Å². The largest absolute Gasteiger partial charge is 0.384 e. The summed E-state index contributed by atoms with van der Waals surface area (Å²) in [6, 6.07) is 0. The van der Waals surface area contributed by atoms with Gasteiger partial charge in [-0.1, -0.05) is 77.6 Å². The van der Waals surface area contributed by atoms with Crippen LogP contribution >= 0.6 is 0 Å². The van der Waals surface area contributed by atoms with E-state index in [0.29, 0.717) is 6.54 Å². The Morgan fingerprint density at radius 2 is 1.25 bits per heavy atom. The topological polar surface area (TPSA) is 49.3 Å². The fourth-order valence-electron chi connectivity index (χ4n) is 2.33. The van der Waals surface area contributed by atoms with Crippen molar-refractivity contribution in [1.29, 1.82) is 0 Å². The standard InChI is InChI=1S/C17H35NO2/c1-3-4-5-6-7-8-9-10-11-12-13-14-15-18-17(20)16(2)19/h16,19H,3-15H2,1-2H3,(H,18,20)/t16-/m1/s1. The Morgan fingerprint density at radius 1 is 0.850 bits per heavy atom. The first-order valence-corrected chi connectivity index (χ1v) is 8.64. The molecule has 120 valence electrons. The van der Waals surface area contributed by atoms with Crippen LogP contribution in [0.5, 0.6) is 0 Å². The molecule has 2 N–H and O–H groups in total. The molecule has 0 bridgehead atoms. The van der Waals surface area contributed by atoms with Gasteiger partial charge in [0.1, 0.15) is 6.10 Å². The molecule has 0 saturated carbocycles. The van der Waals surface area contributed by atoms with Gasteiger partial charge < -0.3 is 10.4 Å². The molecule has 3 nitrogen and oxygen atoms in total. The average molecular weight is 285 g/mol. The Hall–Kier alpha value is -0.570. The minimum Gasteiger partial charge on any atom is -0.384 e. The van der Waals surface area contributed by atoms with Crippen LogP contribution in [0.25, 0.3) is 0 Å². The second kappa shape index (κ2) is 14.8. The van der Waals surface area contributed by atoms with E-state index in [0.717, 1.165) is 6.42 Å². The maximum atomic E-state index is 11.1. The van der Waals surface area contributed by atoms with Gasteiger partial charge in [-0.3, -0.25) is 4.79 Å². The van der Waals surface area contributed by atoms with Crippen molar-refractivity contribution in [2.45, 2.75) is 97.0 Å². The van der Waals surface area contributed by atoms with Gasteiger partial charge in [0.25, 0.3) is 0 Å². The van der Waals surface area contributed by atoms with Crippen LogP contribution in [0.4, 0.5) is 0 Å². The Kier molecular flexibility index (Phi) is 14.4. The number of carbonyl (C=O) groups is 1. The highest BCUT2D eigenvalue weighted by molar-refractivity contribution is 5.79. The summed E-state index contributed by atoms with van der Waals surface area (Å²) in [5.41, 5.74) is 0. The van der Waals surface area contributed by atoms with E-state index in [1.807, 2.05) is 0 Å².